The van der Waals surface area contributed by atoms with Crippen molar-refractivity contribution in [3.63, 3.8) is 0 Å². The molecule has 1 N–H and O–H groups in total. The molecule has 2 fully saturated rings. The lowest BCUT2D eigenvalue weighted by atomic mass is 9.91. The molecule has 0 bridgehead atoms. The molecular weight excluding hydrogens is 292 g/mol. The van der Waals surface area contributed by atoms with Crippen LogP contribution in [0.2, 0.25) is 0 Å². The molecule has 0 radical (unpaired) electrons. The van der Waals surface area contributed by atoms with Gasteiger partial charge in [0.05, 0.1) is 6.54 Å². The Morgan fingerprint density at radius 3 is 2.80 bits per heavy atom. The number of halogens is 1. The lowest BCUT2D eigenvalue weighted by Crippen LogP contribution is -2.34. The molecule has 1 unspecified atom stereocenters. The van der Waals surface area contributed by atoms with Gasteiger partial charge in [-0.15, -0.1) is 23.7 Å². The van der Waals surface area contributed by atoms with Crippen molar-refractivity contribution in [2.45, 2.75) is 32.7 Å². The summed E-state index contributed by atoms with van der Waals surface area (Å²) >= 11 is 1.75. The predicted octanol–water partition coefficient (Wildman–Crippen LogP) is 2.83. The molecule has 1 aliphatic heterocycles. The van der Waals surface area contributed by atoms with E-state index >= 15 is 0 Å². The molecule has 1 spiro atoms. The molecule has 1 aromatic heterocycles. The SMILES string of the molecule is Cc1ccsc1CN(C)C(=O)C1CC12CCNCC2.Cl. The summed E-state index contributed by atoms with van der Waals surface area (Å²) in [4.78, 5) is 15.8. The monoisotopic (exact) mass is 314 g/mol. The van der Waals surface area contributed by atoms with E-state index in [9.17, 15) is 4.79 Å². The molecule has 5 heteroatoms. The Hall–Kier alpha value is -0.580. The van der Waals surface area contributed by atoms with Crippen LogP contribution in [-0.2, 0) is 11.3 Å². The lowest BCUT2D eigenvalue weighted by molar-refractivity contribution is -0.132. The van der Waals surface area contributed by atoms with E-state index in [0.29, 0.717) is 17.2 Å². The van der Waals surface area contributed by atoms with Gasteiger partial charge >= 0.3 is 0 Å². The van der Waals surface area contributed by atoms with E-state index in [1.54, 1.807) is 11.3 Å². The third-order valence-corrected chi connectivity index (χ3v) is 5.82. The van der Waals surface area contributed by atoms with Crippen molar-refractivity contribution in [3.05, 3.63) is 21.9 Å². The summed E-state index contributed by atoms with van der Waals surface area (Å²) in [6, 6.07) is 2.13. The molecule has 0 aromatic carbocycles. The van der Waals surface area contributed by atoms with E-state index in [0.717, 1.165) is 26.1 Å². The van der Waals surface area contributed by atoms with Crippen LogP contribution in [0.15, 0.2) is 11.4 Å². The number of aryl methyl sites for hydroxylation is 1. The zero-order valence-corrected chi connectivity index (χ0v) is 13.8. The average molecular weight is 315 g/mol. The van der Waals surface area contributed by atoms with Crippen LogP contribution in [0.5, 0.6) is 0 Å². The number of nitrogens with one attached hydrogen (secondary N) is 1. The van der Waals surface area contributed by atoms with Gasteiger partial charge in [0.1, 0.15) is 0 Å². The third-order valence-electron chi connectivity index (χ3n) is 4.81. The number of hydrogen-bond acceptors (Lipinski definition) is 3. The van der Waals surface area contributed by atoms with Crippen LogP contribution in [0.1, 0.15) is 29.7 Å². The number of thiophene rings is 1. The minimum atomic E-state index is 0. The highest BCUT2D eigenvalue weighted by atomic mass is 35.5. The van der Waals surface area contributed by atoms with E-state index in [2.05, 4.69) is 23.7 Å². The number of piperidine rings is 1. The van der Waals surface area contributed by atoms with E-state index in [-0.39, 0.29) is 12.4 Å². The summed E-state index contributed by atoms with van der Waals surface area (Å²) in [5.41, 5.74) is 1.65. The van der Waals surface area contributed by atoms with Gasteiger partial charge in [-0.2, -0.15) is 0 Å². The molecule has 1 aliphatic carbocycles. The van der Waals surface area contributed by atoms with Crippen LogP contribution < -0.4 is 5.32 Å². The Kier molecular flexibility index (Phi) is 4.77. The first kappa shape index (κ1) is 15.8. The van der Waals surface area contributed by atoms with Crippen LogP contribution in [0.25, 0.3) is 0 Å². The van der Waals surface area contributed by atoms with Crippen LogP contribution in [0.4, 0.5) is 0 Å². The first-order chi connectivity index (χ1) is 9.12. The van der Waals surface area contributed by atoms with Gasteiger partial charge in [-0.25, -0.2) is 0 Å². The van der Waals surface area contributed by atoms with Gasteiger partial charge in [0.15, 0.2) is 0 Å². The van der Waals surface area contributed by atoms with E-state index in [4.69, 9.17) is 0 Å². The normalized spacial score (nSPS) is 23.2. The zero-order chi connectivity index (χ0) is 13.5. The fourth-order valence-electron chi connectivity index (χ4n) is 3.30. The van der Waals surface area contributed by atoms with Crippen molar-refractivity contribution in [2.75, 3.05) is 20.1 Å². The van der Waals surface area contributed by atoms with Gasteiger partial charge in [0.25, 0.3) is 0 Å². The highest BCUT2D eigenvalue weighted by Gasteiger charge is 2.58. The van der Waals surface area contributed by atoms with Crippen LogP contribution >= 0.6 is 23.7 Å². The fraction of sp³-hybridized carbons (Fsp3) is 0.667. The molecule has 1 aromatic rings. The number of rotatable bonds is 3. The molecule has 3 nitrogen and oxygen atoms in total. The average Bonchev–Trinajstić information content (AvgIpc) is 2.94. The van der Waals surface area contributed by atoms with Crippen molar-refractivity contribution < 1.29 is 4.79 Å². The highest BCUT2D eigenvalue weighted by Crippen LogP contribution is 2.59. The summed E-state index contributed by atoms with van der Waals surface area (Å²) in [6.45, 7) is 5.05. The fourth-order valence-corrected chi connectivity index (χ4v) is 4.26. The summed E-state index contributed by atoms with van der Waals surface area (Å²) < 4.78 is 0. The maximum absolute atomic E-state index is 12.5. The van der Waals surface area contributed by atoms with Crippen LogP contribution in [0, 0.1) is 18.3 Å². The summed E-state index contributed by atoms with van der Waals surface area (Å²) in [5, 5.41) is 5.50. The van der Waals surface area contributed by atoms with Crippen molar-refractivity contribution in [1.82, 2.24) is 10.2 Å². The van der Waals surface area contributed by atoms with Crippen molar-refractivity contribution in [1.29, 1.82) is 0 Å². The van der Waals surface area contributed by atoms with Crippen molar-refractivity contribution in [3.8, 4) is 0 Å². The second-order valence-corrected chi connectivity index (χ2v) is 7.09. The largest absolute Gasteiger partial charge is 0.340 e. The molecule has 112 valence electrons. The van der Waals surface area contributed by atoms with Gasteiger partial charge in [0, 0.05) is 17.8 Å². The molecular formula is C15H23ClN2OS. The van der Waals surface area contributed by atoms with Crippen LogP contribution in [0.3, 0.4) is 0 Å². The number of hydrogen-bond donors (Lipinski definition) is 1. The molecule has 2 aliphatic rings. The summed E-state index contributed by atoms with van der Waals surface area (Å²) in [6.07, 6.45) is 3.46. The summed E-state index contributed by atoms with van der Waals surface area (Å²) in [7, 11) is 1.95. The topological polar surface area (TPSA) is 32.3 Å². The van der Waals surface area contributed by atoms with E-state index in [1.807, 2.05) is 11.9 Å². The Morgan fingerprint density at radius 2 is 2.20 bits per heavy atom. The van der Waals surface area contributed by atoms with Crippen molar-refractivity contribution >= 4 is 29.7 Å². The maximum Gasteiger partial charge on any atom is 0.226 e. The summed E-state index contributed by atoms with van der Waals surface area (Å²) in [5.74, 6) is 0.648. The zero-order valence-electron chi connectivity index (χ0n) is 12.1. The highest BCUT2D eigenvalue weighted by molar-refractivity contribution is 7.10. The number of carbonyl (C=O) groups excluding carboxylic acids is 1. The number of carbonyl (C=O) groups is 1. The molecule has 1 saturated heterocycles. The first-order valence-electron chi connectivity index (χ1n) is 7.11. The standard InChI is InChI=1S/C15H22N2OS.ClH/c1-11-3-8-19-13(11)10-17(2)14(18)12-9-15(12)4-6-16-7-5-15;/h3,8,12,16H,4-7,9-10H2,1-2H3;1H. The minimum Gasteiger partial charge on any atom is -0.340 e. The Bertz CT molecular complexity index is 482. The van der Waals surface area contributed by atoms with Gasteiger partial charge < -0.3 is 10.2 Å². The second kappa shape index (κ2) is 6.04. The molecule has 1 saturated carbocycles. The lowest BCUT2D eigenvalue weighted by Gasteiger charge is -2.25. The molecule has 1 amide bonds. The quantitative estimate of drug-likeness (QED) is 0.930. The number of nitrogens with zero attached hydrogens (tertiary/aromatic N) is 1. The molecule has 2 heterocycles. The minimum absolute atomic E-state index is 0. The third kappa shape index (κ3) is 2.87. The Labute approximate surface area is 131 Å². The van der Waals surface area contributed by atoms with Gasteiger partial charge in [0.2, 0.25) is 5.91 Å². The molecule has 20 heavy (non-hydrogen) atoms. The van der Waals surface area contributed by atoms with Gasteiger partial charge in [-0.05, 0) is 61.7 Å². The van der Waals surface area contributed by atoms with E-state index in [1.165, 1.54) is 23.3 Å². The molecule has 3 rings (SSSR count). The van der Waals surface area contributed by atoms with E-state index < -0.39 is 0 Å². The van der Waals surface area contributed by atoms with Gasteiger partial charge in [-0.3, -0.25) is 4.79 Å². The Morgan fingerprint density at radius 1 is 1.50 bits per heavy atom. The maximum atomic E-state index is 12.5. The van der Waals surface area contributed by atoms with Crippen molar-refractivity contribution in [2.24, 2.45) is 11.3 Å². The molecule has 1 atom stereocenters. The number of amides is 1. The first-order valence-corrected chi connectivity index (χ1v) is 7.99. The predicted molar refractivity (Wildman–Crippen MR) is 85.4 cm³/mol. The van der Waals surface area contributed by atoms with Crippen LogP contribution in [-0.4, -0.2) is 30.9 Å². The second-order valence-electron chi connectivity index (χ2n) is 6.09. The van der Waals surface area contributed by atoms with Gasteiger partial charge in [-0.1, -0.05) is 0 Å². The smallest absolute Gasteiger partial charge is 0.226 e. The Balaban J connectivity index is 0.00000147.